The summed E-state index contributed by atoms with van der Waals surface area (Å²) in [6.07, 6.45) is 0.193. The van der Waals surface area contributed by atoms with Gasteiger partial charge < -0.3 is 10.1 Å². The van der Waals surface area contributed by atoms with Gasteiger partial charge in [0.05, 0.1) is 13.5 Å². The number of hydrogen-bond acceptors (Lipinski definition) is 5. The van der Waals surface area contributed by atoms with Crippen molar-refractivity contribution in [1.82, 2.24) is 10.3 Å². The van der Waals surface area contributed by atoms with Gasteiger partial charge in [-0.3, -0.25) is 4.79 Å². The number of amides is 1. The highest BCUT2D eigenvalue weighted by Gasteiger charge is 2.25. The zero-order valence-corrected chi connectivity index (χ0v) is 11.8. The van der Waals surface area contributed by atoms with Crippen molar-refractivity contribution < 1.29 is 14.3 Å². The van der Waals surface area contributed by atoms with Gasteiger partial charge in [0.15, 0.2) is 0 Å². The monoisotopic (exact) mass is 270 g/mol. The van der Waals surface area contributed by atoms with Gasteiger partial charge in [-0.05, 0) is 12.8 Å². The molecule has 1 aromatic heterocycles. The standard InChI is InChI=1S/C12H18N2O3S/c1-7(2)11(12(16)17-4)14-9(15)5-10-13-8(3)6-18-10/h6-7,11H,5H2,1-4H3,(H,14,15). The Labute approximate surface area is 111 Å². The van der Waals surface area contributed by atoms with Crippen molar-refractivity contribution in [3.05, 3.63) is 16.1 Å². The first-order chi connectivity index (χ1) is 8.43. The molecule has 18 heavy (non-hydrogen) atoms. The Bertz CT molecular complexity index is 429. The summed E-state index contributed by atoms with van der Waals surface area (Å²) in [7, 11) is 1.31. The largest absolute Gasteiger partial charge is 0.467 e. The van der Waals surface area contributed by atoms with Crippen molar-refractivity contribution in [2.24, 2.45) is 5.92 Å². The molecule has 1 heterocycles. The Hall–Kier alpha value is -1.43. The molecule has 100 valence electrons. The average Bonchev–Trinajstić information content (AvgIpc) is 2.70. The lowest BCUT2D eigenvalue weighted by Crippen LogP contribution is -2.45. The topological polar surface area (TPSA) is 68.3 Å². The van der Waals surface area contributed by atoms with Crippen molar-refractivity contribution in [2.75, 3.05) is 7.11 Å². The minimum Gasteiger partial charge on any atom is -0.467 e. The Morgan fingerprint density at radius 1 is 1.50 bits per heavy atom. The van der Waals surface area contributed by atoms with Crippen LogP contribution in [-0.2, 0) is 20.7 Å². The summed E-state index contributed by atoms with van der Waals surface area (Å²) in [6, 6.07) is -0.608. The van der Waals surface area contributed by atoms with Crippen LogP contribution in [0.25, 0.3) is 0 Å². The van der Waals surface area contributed by atoms with E-state index >= 15 is 0 Å². The number of aryl methyl sites for hydroxylation is 1. The Balaban J connectivity index is 2.59. The van der Waals surface area contributed by atoms with E-state index in [1.54, 1.807) is 0 Å². The lowest BCUT2D eigenvalue weighted by molar-refractivity contribution is -0.146. The molecule has 0 aromatic carbocycles. The van der Waals surface area contributed by atoms with Crippen LogP contribution in [0.5, 0.6) is 0 Å². The molecule has 0 spiro atoms. The fourth-order valence-electron chi connectivity index (χ4n) is 1.47. The molecule has 1 aromatic rings. The van der Waals surface area contributed by atoms with Crippen LogP contribution < -0.4 is 5.32 Å². The highest BCUT2D eigenvalue weighted by atomic mass is 32.1. The Kier molecular flexibility index (Phi) is 5.27. The second-order valence-electron chi connectivity index (χ2n) is 4.37. The van der Waals surface area contributed by atoms with Gasteiger partial charge in [0.25, 0.3) is 0 Å². The van der Waals surface area contributed by atoms with Gasteiger partial charge in [-0.25, -0.2) is 9.78 Å². The van der Waals surface area contributed by atoms with Crippen LogP contribution in [0.15, 0.2) is 5.38 Å². The molecule has 5 nitrogen and oxygen atoms in total. The third kappa shape index (κ3) is 4.10. The van der Waals surface area contributed by atoms with Crippen molar-refractivity contribution >= 4 is 23.2 Å². The summed E-state index contributed by atoms with van der Waals surface area (Å²) < 4.78 is 4.66. The first-order valence-corrected chi connectivity index (χ1v) is 6.60. The zero-order chi connectivity index (χ0) is 13.7. The van der Waals surface area contributed by atoms with E-state index in [0.717, 1.165) is 10.7 Å². The summed E-state index contributed by atoms with van der Waals surface area (Å²) >= 11 is 1.44. The van der Waals surface area contributed by atoms with E-state index in [4.69, 9.17) is 0 Å². The minimum atomic E-state index is -0.608. The molecule has 1 N–H and O–H groups in total. The first-order valence-electron chi connectivity index (χ1n) is 5.72. The molecule has 0 saturated heterocycles. The maximum absolute atomic E-state index is 11.8. The predicted octanol–water partition coefficient (Wildman–Crippen LogP) is 1.31. The third-order valence-electron chi connectivity index (χ3n) is 2.42. The van der Waals surface area contributed by atoms with Gasteiger partial charge >= 0.3 is 5.97 Å². The lowest BCUT2D eigenvalue weighted by Gasteiger charge is -2.19. The average molecular weight is 270 g/mol. The smallest absolute Gasteiger partial charge is 0.328 e. The van der Waals surface area contributed by atoms with Gasteiger partial charge in [-0.15, -0.1) is 11.3 Å². The van der Waals surface area contributed by atoms with E-state index in [1.807, 2.05) is 26.2 Å². The molecule has 0 bridgehead atoms. The van der Waals surface area contributed by atoms with Gasteiger partial charge in [-0.2, -0.15) is 0 Å². The number of methoxy groups -OCH3 is 1. The normalized spacial score (nSPS) is 12.3. The van der Waals surface area contributed by atoms with E-state index < -0.39 is 12.0 Å². The molecular weight excluding hydrogens is 252 g/mol. The van der Waals surface area contributed by atoms with Gasteiger partial charge in [0.2, 0.25) is 5.91 Å². The van der Waals surface area contributed by atoms with Crippen LogP contribution in [0.4, 0.5) is 0 Å². The summed E-state index contributed by atoms with van der Waals surface area (Å²) in [5.41, 5.74) is 0.899. The molecular formula is C12H18N2O3S. The Morgan fingerprint density at radius 2 is 2.17 bits per heavy atom. The third-order valence-corrected chi connectivity index (χ3v) is 3.38. The Morgan fingerprint density at radius 3 is 2.61 bits per heavy atom. The van der Waals surface area contributed by atoms with Crippen LogP contribution in [0, 0.1) is 12.8 Å². The fourth-order valence-corrected chi connectivity index (χ4v) is 2.24. The van der Waals surface area contributed by atoms with Crippen LogP contribution in [0.2, 0.25) is 0 Å². The van der Waals surface area contributed by atoms with Crippen LogP contribution in [0.3, 0.4) is 0 Å². The summed E-state index contributed by atoms with van der Waals surface area (Å²) in [6.45, 7) is 5.59. The number of esters is 1. The summed E-state index contributed by atoms with van der Waals surface area (Å²) in [5, 5.41) is 5.32. The number of carbonyl (C=O) groups is 2. The van der Waals surface area contributed by atoms with Crippen LogP contribution in [0.1, 0.15) is 24.5 Å². The molecule has 0 saturated carbocycles. The molecule has 1 amide bonds. The maximum Gasteiger partial charge on any atom is 0.328 e. The van der Waals surface area contributed by atoms with E-state index in [1.165, 1.54) is 18.4 Å². The van der Waals surface area contributed by atoms with E-state index in [-0.39, 0.29) is 18.2 Å². The van der Waals surface area contributed by atoms with Gasteiger partial charge in [0.1, 0.15) is 11.0 Å². The molecule has 0 aliphatic rings. The van der Waals surface area contributed by atoms with E-state index in [9.17, 15) is 9.59 Å². The highest BCUT2D eigenvalue weighted by Crippen LogP contribution is 2.10. The predicted molar refractivity (Wildman–Crippen MR) is 69.3 cm³/mol. The van der Waals surface area contributed by atoms with E-state index in [0.29, 0.717) is 0 Å². The number of nitrogens with one attached hydrogen (secondary N) is 1. The van der Waals surface area contributed by atoms with E-state index in [2.05, 4.69) is 15.0 Å². The second kappa shape index (κ2) is 6.49. The van der Waals surface area contributed by atoms with Gasteiger partial charge in [-0.1, -0.05) is 13.8 Å². The number of nitrogens with zero attached hydrogens (tertiary/aromatic N) is 1. The molecule has 0 fully saturated rings. The van der Waals surface area contributed by atoms with Crippen molar-refractivity contribution in [3.8, 4) is 0 Å². The number of hydrogen-bond donors (Lipinski definition) is 1. The summed E-state index contributed by atoms with van der Waals surface area (Å²) in [4.78, 5) is 27.5. The fraction of sp³-hybridized carbons (Fsp3) is 0.583. The maximum atomic E-state index is 11.8. The minimum absolute atomic E-state index is 0.0144. The number of thiazole rings is 1. The quantitative estimate of drug-likeness (QED) is 0.819. The van der Waals surface area contributed by atoms with Gasteiger partial charge in [0, 0.05) is 11.1 Å². The van der Waals surface area contributed by atoms with Crippen molar-refractivity contribution in [1.29, 1.82) is 0 Å². The van der Waals surface area contributed by atoms with Crippen molar-refractivity contribution in [3.63, 3.8) is 0 Å². The molecule has 6 heteroatoms. The number of ether oxygens (including phenoxy) is 1. The van der Waals surface area contributed by atoms with Crippen molar-refractivity contribution in [2.45, 2.75) is 33.2 Å². The molecule has 1 unspecified atom stereocenters. The van der Waals surface area contributed by atoms with Crippen LogP contribution >= 0.6 is 11.3 Å². The zero-order valence-electron chi connectivity index (χ0n) is 11.0. The highest BCUT2D eigenvalue weighted by molar-refractivity contribution is 7.09. The molecule has 0 aliphatic heterocycles. The lowest BCUT2D eigenvalue weighted by atomic mass is 10.0. The second-order valence-corrected chi connectivity index (χ2v) is 5.31. The molecule has 0 radical (unpaired) electrons. The number of aromatic nitrogens is 1. The molecule has 1 atom stereocenters. The number of carbonyl (C=O) groups excluding carboxylic acids is 2. The SMILES string of the molecule is COC(=O)C(NC(=O)Cc1nc(C)cs1)C(C)C. The van der Waals surface area contributed by atoms with Crippen LogP contribution in [-0.4, -0.2) is 30.0 Å². The summed E-state index contributed by atoms with van der Waals surface area (Å²) in [5.74, 6) is -0.651. The molecule has 1 rings (SSSR count). The first kappa shape index (κ1) is 14.6. The molecule has 0 aliphatic carbocycles. The number of rotatable bonds is 5.